The van der Waals surface area contributed by atoms with E-state index in [4.69, 9.17) is 12.2 Å². The van der Waals surface area contributed by atoms with Crippen LogP contribution in [0.15, 0.2) is 42.5 Å². The van der Waals surface area contributed by atoms with Crippen LogP contribution in [0.5, 0.6) is 0 Å². The van der Waals surface area contributed by atoms with Crippen LogP contribution < -0.4 is 16.0 Å². The fraction of sp³-hybridized carbons (Fsp3) is 0.211. The molecule has 0 bridgehead atoms. The minimum atomic E-state index is -0.845. The third-order valence-electron chi connectivity index (χ3n) is 3.83. The van der Waals surface area contributed by atoms with Crippen molar-refractivity contribution in [2.45, 2.75) is 20.3 Å². The van der Waals surface area contributed by atoms with Gasteiger partial charge in [-0.05, 0) is 42.4 Å². The molecule has 2 aromatic carbocycles. The maximum Gasteiger partial charge on any atom is 0.277 e. The molecule has 0 aliphatic carbocycles. The van der Waals surface area contributed by atoms with E-state index in [1.54, 1.807) is 24.3 Å². The van der Waals surface area contributed by atoms with Gasteiger partial charge in [-0.15, -0.1) is 0 Å². The highest BCUT2D eigenvalue weighted by molar-refractivity contribution is 7.80. The molecule has 2 rings (SSSR count). The van der Waals surface area contributed by atoms with Crippen molar-refractivity contribution in [3.05, 3.63) is 68.3 Å². The van der Waals surface area contributed by atoms with Crippen molar-refractivity contribution in [3.8, 4) is 0 Å². The molecular formula is C19H19N5O6S. The molecule has 0 heterocycles. The van der Waals surface area contributed by atoms with E-state index in [0.717, 1.165) is 18.2 Å². The summed E-state index contributed by atoms with van der Waals surface area (Å²) in [5.74, 6) is -0.721. The number of hydrogen-bond acceptors (Lipinski definition) is 7. The summed E-state index contributed by atoms with van der Waals surface area (Å²) >= 11 is 5.05. The van der Waals surface area contributed by atoms with Crippen molar-refractivity contribution in [1.29, 1.82) is 0 Å². The van der Waals surface area contributed by atoms with Gasteiger partial charge in [0.25, 0.3) is 17.3 Å². The molecule has 0 spiro atoms. The SMILES string of the molecule is CC(C)CC(=O)Nc1ccc(NC(=S)NC(=O)c2cc([N+](=O)[O-])cc([N+](=O)[O-])c2)cc1. The minimum Gasteiger partial charge on any atom is -0.332 e. The summed E-state index contributed by atoms with van der Waals surface area (Å²) in [4.78, 5) is 44.4. The molecule has 3 N–H and O–H groups in total. The molecular weight excluding hydrogens is 426 g/mol. The Kier molecular flexibility index (Phi) is 7.69. The van der Waals surface area contributed by atoms with E-state index >= 15 is 0 Å². The zero-order chi connectivity index (χ0) is 23.1. The van der Waals surface area contributed by atoms with Crippen LogP contribution in [-0.2, 0) is 4.79 Å². The molecule has 2 amide bonds. The minimum absolute atomic E-state index is 0.107. The lowest BCUT2D eigenvalue weighted by Crippen LogP contribution is -2.34. The second kappa shape index (κ2) is 10.2. The lowest BCUT2D eigenvalue weighted by atomic mass is 10.1. The van der Waals surface area contributed by atoms with Crippen LogP contribution in [0.3, 0.4) is 0 Å². The van der Waals surface area contributed by atoms with Crippen LogP contribution in [0.2, 0.25) is 0 Å². The number of benzene rings is 2. The maximum absolute atomic E-state index is 12.3. The molecule has 0 radical (unpaired) electrons. The van der Waals surface area contributed by atoms with Crippen LogP contribution in [-0.4, -0.2) is 26.8 Å². The summed E-state index contributed by atoms with van der Waals surface area (Å²) in [5, 5.41) is 29.6. The first-order chi connectivity index (χ1) is 14.5. The average Bonchev–Trinajstić information content (AvgIpc) is 2.68. The number of nitro groups is 2. The number of nitro benzene ring substituents is 2. The average molecular weight is 445 g/mol. The molecule has 0 saturated carbocycles. The van der Waals surface area contributed by atoms with Gasteiger partial charge in [0.05, 0.1) is 21.5 Å². The first kappa shape index (κ1) is 23.3. The molecule has 31 heavy (non-hydrogen) atoms. The number of amides is 2. The predicted molar refractivity (Wildman–Crippen MR) is 118 cm³/mol. The number of carbonyl (C=O) groups excluding carboxylic acids is 2. The molecule has 0 aliphatic heterocycles. The number of nitrogens with one attached hydrogen (secondary N) is 3. The second-order valence-electron chi connectivity index (χ2n) is 6.88. The first-order valence-corrected chi connectivity index (χ1v) is 9.42. The zero-order valence-corrected chi connectivity index (χ0v) is 17.4. The van der Waals surface area contributed by atoms with Crippen LogP contribution in [0, 0.1) is 26.1 Å². The van der Waals surface area contributed by atoms with Gasteiger partial charge in [0, 0.05) is 29.9 Å². The maximum atomic E-state index is 12.3. The monoisotopic (exact) mass is 445 g/mol. The summed E-state index contributed by atoms with van der Waals surface area (Å²) in [5.41, 5.74) is -0.359. The van der Waals surface area contributed by atoms with Crippen molar-refractivity contribution in [3.63, 3.8) is 0 Å². The number of hydrogen-bond donors (Lipinski definition) is 3. The van der Waals surface area contributed by atoms with Crippen LogP contribution in [0.1, 0.15) is 30.6 Å². The Hall–Kier alpha value is -3.93. The summed E-state index contributed by atoms with van der Waals surface area (Å²) in [7, 11) is 0. The van der Waals surface area contributed by atoms with Gasteiger partial charge < -0.3 is 10.6 Å². The molecule has 0 unspecified atom stereocenters. The van der Waals surface area contributed by atoms with E-state index < -0.39 is 27.1 Å². The molecule has 0 fully saturated rings. The molecule has 0 saturated heterocycles. The number of thiocarbonyl (C=S) groups is 1. The number of nitrogens with zero attached hydrogens (tertiary/aromatic N) is 2. The Bertz CT molecular complexity index is 1010. The van der Waals surface area contributed by atoms with Gasteiger partial charge in [-0.1, -0.05) is 13.8 Å². The van der Waals surface area contributed by atoms with E-state index in [2.05, 4.69) is 16.0 Å². The van der Waals surface area contributed by atoms with Crippen molar-refractivity contribution in [2.24, 2.45) is 5.92 Å². The standard InChI is InChI=1S/C19H19N5O6S/c1-11(2)7-17(25)20-13-3-5-14(6-4-13)21-19(31)22-18(26)12-8-15(23(27)28)10-16(9-12)24(29)30/h3-6,8-11H,7H2,1-2H3,(H,20,25)(H2,21,22,26,31). The molecule has 0 aliphatic rings. The molecule has 11 nitrogen and oxygen atoms in total. The Labute approximate surface area is 182 Å². The smallest absolute Gasteiger partial charge is 0.277 e. The first-order valence-electron chi connectivity index (χ1n) is 9.01. The Morgan fingerprint density at radius 1 is 0.935 bits per heavy atom. The molecule has 12 heteroatoms. The van der Waals surface area contributed by atoms with Crippen LogP contribution >= 0.6 is 12.2 Å². The fourth-order valence-electron chi connectivity index (χ4n) is 2.49. The molecule has 0 atom stereocenters. The number of anilines is 2. The third-order valence-corrected chi connectivity index (χ3v) is 4.04. The van der Waals surface area contributed by atoms with Crippen LogP contribution in [0.25, 0.3) is 0 Å². The van der Waals surface area contributed by atoms with Crippen molar-refractivity contribution >= 4 is 51.9 Å². The zero-order valence-electron chi connectivity index (χ0n) is 16.6. The third kappa shape index (κ3) is 7.12. The topological polar surface area (TPSA) is 157 Å². The highest BCUT2D eigenvalue weighted by Crippen LogP contribution is 2.22. The van der Waals surface area contributed by atoms with Gasteiger partial charge in [-0.25, -0.2) is 0 Å². The lowest BCUT2D eigenvalue weighted by Gasteiger charge is -2.11. The van der Waals surface area contributed by atoms with E-state index in [1.165, 1.54) is 0 Å². The second-order valence-corrected chi connectivity index (χ2v) is 7.29. The van der Waals surface area contributed by atoms with Gasteiger partial charge in [0.1, 0.15) is 0 Å². The predicted octanol–water partition coefficient (Wildman–Crippen LogP) is 3.61. The highest BCUT2D eigenvalue weighted by atomic mass is 32.1. The normalized spacial score (nSPS) is 10.3. The van der Waals surface area contributed by atoms with E-state index in [-0.39, 0.29) is 22.5 Å². The van der Waals surface area contributed by atoms with Crippen LogP contribution in [0.4, 0.5) is 22.7 Å². The van der Waals surface area contributed by atoms with Crippen molar-refractivity contribution < 1.29 is 19.4 Å². The van der Waals surface area contributed by atoms with E-state index in [9.17, 15) is 29.8 Å². The van der Waals surface area contributed by atoms with Crippen molar-refractivity contribution in [2.75, 3.05) is 10.6 Å². The Balaban J connectivity index is 2.02. The van der Waals surface area contributed by atoms with Gasteiger partial charge >= 0.3 is 0 Å². The Morgan fingerprint density at radius 3 is 1.87 bits per heavy atom. The van der Waals surface area contributed by atoms with Gasteiger partial charge in [0.15, 0.2) is 5.11 Å². The summed E-state index contributed by atoms with van der Waals surface area (Å²) < 4.78 is 0. The fourth-order valence-corrected chi connectivity index (χ4v) is 2.70. The summed E-state index contributed by atoms with van der Waals surface area (Å²) in [6.45, 7) is 3.88. The van der Waals surface area contributed by atoms with Gasteiger partial charge in [-0.3, -0.25) is 35.1 Å². The molecule has 0 aromatic heterocycles. The quantitative estimate of drug-likeness (QED) is 0.331. The summed E-state index contributed by atoms with van der Waals surface area (Å²) in [6.07, 6.45) is 0.395. The van der Waals surface area contributed by atoms with E-state index in [1.807, 2.05) is 13.8 Å². The van der Waals surface area contributed by atoms with Crippen molar-refractivity contribution in [1.82, 2.24) is 5.32 Å². The number of non-ortho nitro benzene ring substituents is 2. The summed E-state index contributed by atoms with van der Waals surface area (Å²) in [6, 6.07) is 9.14. The molecule has 162 valence electrons. The highest BCUT2D eigenvalue weighted by Gasteiger charge is 2.20. The lowest BCUT2D eigenvalue weighted by molar-refractivity contribution is -0.394. The number of rotatable bonds is 7. The van der Waals surface area contributed by atoms with Gasteiger partial charge in [0.2, 0.25) is 5.91 Å². The molecule has 2 aromatic rings. The van der Waals surface area contributed by atoms with Gasteiger partial charge in [-0.2, -0.15) is 0 Å². The number of carbonyl (C=O) groups is 2. The van der Waals surface area contributed by atoms with E-state index in [0.29, 0.717) is 17.8 Å². The Morgan fingerprint density at radius 2 is 1.42 bits per heavy atom. The largest absolute Gasteiger partial charge is 0.332 e.